The fourth-order valence-electron chi connectivity index (χ4n) is 6.37. The zero-order chi connectivity index (χ0) is 27.3. The number of aromatic amines is 1. The van der Waals surface area contributed by atoms with E-state index in [0.29, 0.717) is 23.4 Å². The van der Waals surface area contributed by atoms with Crippen molar-refractivity contribution in [2.75, 3.05) is 13.1 Å². The highest BCUT2D eigenvalue weighted by molar-refractivity contribution is 6.31. The van der Waals surface area contributed by atoms with Gasteiger partial charge in [-0.1, -0.05) is 35.9 Å². The topological polar surface area (TPSA) is 41.0 Å². The average molecular weight is 556 g/mol. The van der Waals surface area contributed by atoms with E-state index in [2.05, 4.69) is 9.88 Å². The van der Waals surface area contributed by atoms with Crippen molar-refractivity contribution < 1.29 is 17.6 Å². The summed E-state index contributed by atoms with van der Waals surface area (Å²) >= 11 is 6.08. The fraction of sp³-hybridized carbons (Fsp3) is 0.300. The van der Waals surface area contributed by atoms with Gasteiger partial charge in [-0.15, -0.1) is 0 Å². The minimum atomic E-state index is -1.19. The number of imidazole rings is 1. The van der Waals surface area contributed by atoms with E-state index in [-0.39, 0.29) is 28.9 Å². The molecule has 1 N–H and O–H groups in total. The second-order valence-electron chi connectivity index (χ2n) is 10.4. The lowest BCUT2D eigenvalue weighted by Gasteiger charge is -2.42. The highest BCUT2D eigenvalue weighted by atomic mass is 35.5. The van der Waals surface area contributed by atoms with Crippen LogP contribution in [0.1, 0.15) is 42.9 Å². The van der Waals surface area contributed by atoms with Crippen molar-refractivity contribution in [1.82, 2.24) is 14.5 Å². The Hall–Kier alpha value is -3.36. The van der Waals surface area contributed by atoms with E-state index in [9.17, 15) is 13.6 Å². The quantitative estimate of drug-likeness (QED) is 0.220. The molecule has 1 saturated heterocycles. The Bertz CT molecular complexity index is 1590. The number of nitrogens with zero attached hydrogens (tertiary/aromatic N) is 2. The standard InChI is InChI=1S/C30H26ClF4N3O/c31-18-1-6-28-27(15-18)36-29(39)38(28)22-9-13-37(14-10-22)21-7-11-30(12-8-21,23-4-2-19(32)16-25(23)34)24-5-3-20(33)17-26(24)35/h1-7,11,15-17,21-22H,8-10,12-14H2,(H,36,39). The number of allylic oxidation sites excluding steroid dienone is 1. The largest absolute Gasteiger partial charge is 0.326 e. The normalized spacial score (nSPS) is 20.1. The molecule has 0 radical (unpaired) electrons. The van der Waals surface area contributed by atoms with Gasteiger partial charge in [0, 0.05) is 58.9 Å². The lowest BCUT2D eigenvalue weighted by Crippen LogP contribution is -2.45. The van der Waals surface area contributed by atoms with Gasteiger partial charge in [-0.2, -0.15) is 0 Å². The Labute approximate surface area is 227 Å². The molecule has 0 saturated carbocycles. The summed E-state index contributed by atoms with van der Waals surface area (Å²) in [6.07, 6.45) is 6.24. The molecule has 1 aliphatic heterocycles. The summed E-state index contributed by atoms with van der Waals surface area (Å²) in [5.74, 6) is -2.98. The van der Waals surface area contributed by atoms with Gasteiger partial charge in [-0.25, -0.2) is 22.4 Å². The minimum Gasteiger partial charge on any atom is -0.305 e. The molecule has 9 heteroatoms. The van der Waals surface area contributed by atoms with Crippen LogP contribution in [0.5, 0.6) is 0 Å². The van der Waals surface area contributed by atoms with Gasteiger partial charge in [-0.05, 0) is 56.0 Å². The van der Waals surface area contributed by atoms with Gasteiger partial charge in [-0.3, -0.25) is 9.47 Å². The highest BCUT2D eigenvalue weighted by Crippen LogP contribution is 2.44. The molecule has 0 bridgehead atoms. The van der Waals surface area contributed by atoms with Crippen LogP contribution in [0.25, 0.3) is 11.0 Å². The van der Waals surface area contributed by atoms with Crippen LogP contribution in [-0.4, -0.2) is 33.6 Å². The van der Waals surface area contributed by atoms with Crippen LogP contribution in [0, 0.1) is 23.3 Å². The Morgan fingerprint density at radius 3 is 2.05 bits per heavy atom. The molecule has 1 aromatic heterocycles. The molecule has 39 heavy (non-hydrogen) atoms. The molecule has 4 aromatic rings. The van der Waals surface area contributed by atoms with Crippen molar-refractivity contribution in [2.45, 2.75) is 43.2 Å². The third kappa shape index (κ3) is 4.59. The number of aromatic nitrogens is 2. The van der Waals surface area contributed by atoms with Crippen LogP contribution < -0.4 is 5.69 Å². The Morgan fingerprint density at radius 1 is 0.846 bits per heavy atom. The van der Waals surface area contributed by atoms with Gasteiger partial charge < -0.3 is 4.98 Å². The number of nitrogens with one attached hydrogen (secondary N) is 1. The molecule has 202 valence electrons. The molecule has 1 aliphatic carbocycles. The van der Waals surface area contributed by atoms with Crippen LogP contribution in [0.15, 0.2) is 71.5 Å². The van der Waals surface area contributed by atoms with E-state index in [4.69, 9.17) is 11.6 Å². The van der Waals surface area contributed by atoms with E-state index >= 15 is 8.78 Å². The van der Waals surface area contributed by atoms with E-state index in [0.717, 1.165) is 55.7 Å². The first kappa shape index (κ1) is 25.9. The Kier molecular flexibility index (Phi) is 6.63. The summed E-state index contributed by atoms with van der Waals surface area (Å²) < 4.78 is 59.4. The highest BCUT2D eigenvalue weighted by Gasteiger charge is 2.40. The molecular formula is C30H26ClF4N3O. The number of hydrogen-bond donors (Lipinski definition) is 1. The van der Waals surface area contributed by atoms with Gasteiger partial charge in [0.15, 0.2) is 0 Å². The zero-order valence-corrected chi connectivity index (χ0v) is 21.7. The van der Waals surface area contributed by atoms with Crippen molar-refractivity contribution >= 4 is 22.6 Å². The summed E-state index contributed by atoms with van der Waals surface area (Å²) in [6, 6.07) is 12.0. The number of H-pyrrole nitrogens is 1. The SMILES string of the molecule is O=c1[nH]c2cc(Cl)ccc2n1C1CCN(C2C=CC(c3ccc(F)cc3F)(c3ccc(F)cc3F)CC2)CC1. The van der Waals surface area contributed by atoms with Crippen molar-refractivity contribution in [3.63, 3.8) is 0 Å². The number of piperidine rings is 1. The summed E-state index contributed by atoms with van der Waals surface area (Å²) in [6.45, 7) is 1.49. The van der Waals surface area contributed by atoms with E-state index in [1.54, 1.807) is 22.8 Å². The number of halogens is 5. The lowest BCUT2D eigenvalue weighted by atomic mass is 9.67. The Balaban J connectivity index is 1.26. The van der Waals surface area contributed by atoms with Crippen molar-refractivity contribution in [1.29, 1.82) is 0 Å². The van der Waals surface area contributed by atoms with Gasteiger partial charge in [0.05, 0.1) is 11.0 Å². The molecule has 1 atom stereocenters. The summed E-state index contributed by atoms with van der Waals surface area (Å²) in [5, 5.41) is 0.562. The predicted octanol–water partition coefficient (Wildman–Crippen LogP) is 6.88. The zero-order valence-electron chi connectivity index (χ0n) is 20.9. The minimum absolute atomic E-state index is 0.0320. The molecule has 6 rings (SSSR count). The lowest BCUT2D eigenvalue weighted by molar-refractivity contribution is 0.143. The summed E-state index contributed by atoms with van der Waals surface area (Å²) in [5.41, 5.74) is 0.498. The number of likely N-dealkylation sites (tertiary alicyclic amines) is 1. The molecule has 4 nitrogen and oxygen atoms in total. The summed E-state index contributed by atoms with van der Waals surface area (Å²) in [7, 11) is 0. The van der Waals surface area contributed by atoms with Gasteiger partial charge in [0.2, 0.25) is 0 Å². The maximum atomic E-state index is 15.1. The number of rotatable bonds is 4. The fourth-order valence-corrected chi connectivity index (χ4v) is 6.54. The third-order valence-corrected chi connectivity index (χ3v) is 8.51. The summed E-state index contributed by atoms with van der Waals surface area (Å²) in [4.78, 5) is 17.9. The van der Waals surface area contributed by atoms with Crippen LogP contribution in [0.3, 0.4) is 0 Å². The maximum absolute atomic E-state index is 15.1. The molecule has 1 fully saturated rings. The van der Waals surface area contributed by atoms with Crippen molar-refractivity contribution in [3.8, 4) is 0 Å². The van der Waals surface area contributed by atoms with Crippen LogP contribution in [0.2, 0.25) is 5.02 Å². The molecule has 1 unspecified atom stereocenters. The molecular weight excluding hydrogens is 530 g/mol. The molecule has 0 amide bonds. The number of benzene rings is 3. The first-order chi connectivity index (χ1) is 18.7. The number of hydrogen-bond acceptors (Lipinski definition) is 2. The molecule has 3 aromatic carbocycles. The van der Waals surface area contributed by atoms with Crippen molar-refractivity contribution in [3.05, 3.63) is 117 Å². The van der Waals surface area contributed by atoms with Gasteiger partial charge in [0.1, 0.15) is 23.3 Å². The van der Waals surface area contributed by atoms with Crippen LogP contribution in [-0.2, 0) is 5.41 Å². The molecule has 0 spiro atoms. The predicted molar refractivity (Wildman–Crippen MR) is 143 cm³/mol. The van der Waals surface area contributed by atoms with Gasteiger partial charge in [0.25, 0.3) is 0 Å². The van der Waals surface area contributed by atoms with E-state index < -0.39 is 28.7 Å². The van der Waals surface area contributed by atoms with Crippen LogP contribution in [0.4, 0.5) is 17.6 Å². The molecule has 2 aliphatic rings. The molecule has 2 heterocycles. The smallest absolute Gasteiger partial charge is 0.305 e. The van der Waals surface area contributed by atoms with Crippen LogP contribution >= 0.6 is 11.6 Å². The average Bonchev–Trinajstić information content (AvgIpc) is 3.23. The van der Waals surface area contributed by atoms with E-state index in [1.807, 2.05) is 12.1 Å². The van der Waals surface area contributed by atoms with Crippen molar-refractivity contribution in [2.24, 2.45) is 0 Å². The van der Waals surface area contributed by atoms with E-state index in [1.165, 1.54) is 12.1 Å². The first-order valence-corrected chi connectivity index (χ1v) is 13.4. The Morgan fingerprint density at radius 2 is 1.49 bits per heavy atom. The second-order valence-corrected chi connectivity index (χ2v) is 10.9. The third-order valence-electron chi connectivity index (χ3n) is 8.27. The monoisotopic (exact) mass is 555 g/mol. The second kappa shape index (κ2) is 9.99. The number of fused-ring (bicyclic) bond motifs is 1. The van der Waals surface area contributed by atoms with Gasteiger partial charge >= 0.3 is 5.69 Å². The first-order valence-electron chi connectivity index (χ1n) is 13.0. The maximum Gasteiger partial charge on any atom is 0.326 e.